The minimum absolute atomic E-state index is 0.698. The highest BCUT2D eigenvalue weighted by molar-refractivity contribution is 6.32. The van der Waals surface area contributed by atoms with Gasteiger partial charge < -0.3 is 10.1 Å². The molecule has 0 aromatic heterocycles. The van der Waals surface area contributed by atoms with E-state index in [1.54, 1.807) is 7.11 Å². The number of ether oxygens (including phenoxy) is 1. The number of methoxy groups -OCH3 is 1. The van der Waals surface area contributed by atoms with Gasteiger partial charge in [-0.25, -0.2) is 0 Å². The number of hydrogen-bond acceptors (Lipinski definition) is 4. The number of nitrogens with zero attached hydrogens (tertiary/aromatic N) is 2. The molecule has 3 rings (SSSR count). The molecule has 0 saturated carbocycles. The lowest BCUT2D eigenvalue weighted by atomic mass is 10.1. The lowest BCUT2D eigenvalue weighted by molar-refractivity contribution is 0.0695. The molecule has 4 nitrogen and oxygen atoms in total. The third kappa shape index (κ3) is 3.09. The Labute approximate surface area is 125 Å². The topological polar surface area (TPSA) is 27.7 Å². The zero-order valence-corrected chi connectivity index (χ0v) is 12.7. The van der Waals surface area contributed by atoms with Gasteiger partial charge in [-0.15, -0.1) is 0 Å². The standard InChI is InChI=1S/C15H22ClN3O/c1-20-15-3-2-12(8-14(15)16)11-18-4-6-19(7-5-18)13-9-17-10-13/h2-3,8,13,17H,4-7,9-11H2,1H3. The fourth-order valence-electron chi connectivity index (χ4n) is 2.88. The Balaban J connectivity index is 1.52. The number of nitrogens with one attached hydrogen (secondary N) is 1. The van der Waals surface area contributed by atoms with Crippen LogP contribution in [-0.4, -0.2) is 62.2 Å². The summed E-state index contributed by atoms with van der Waals surface area (Å²) in [5.74, 6) is 0.748. The zero-order chi connectivity index (χ0) is 13.9. The van der Waals surface area contributed by atoms with Gasteiger partial charge >= 0.3 is 0 Å². The van der Waals surface area contributed by atoms with E-state index in [4.69, 9.17) is 16.3 Å². The van der Waals surface area contributed by atoms with Crippen LogP contribution in [0.2, 0.25) is 5.02 Å². The molecule has 0 atom stereocenters. The molecule has 0 aliphatic carbocycles. The number of benzene rings is 1. The fourth-order valence-corrected chi connectivity index (χ4v) is 3.16. The van der Waals surface area contributed by atoms with E-state index in [0.29, 0.717) is 5.02 Å². The van der Waals surface area contributed by atoms with Crippen molar-refractivity contribution >= 4 is 11.6 Å². The number of hydrogen-bond donors (Lipinski definition) is 1. The molecule has 1 N–H and O–H groups in total. The first-order valence-corrected chi connectivity index (χ1v) is 7.63. The van der Waals surface area contributed by atoms with Crippen molar-refractivity contribution in [2.75, 3.05) is 46.4 Å². The van der Waals surface area contributed by atoms with Crippen LogP contribution in [0.5, 0.6) is 5.75 Å². The molecule has 0 amide bonds. The van der Waals surface area contributed by atoms with Crippen LogP contribution >= 0.6 is 11.6 Å². The summed E-state index contributed by atoms with van der Waals surface area (Å²) in [7, 11) is 1.65. The second kappa shape index (κ2) is 6.31. The molecule has 0 spiro atoms. The molecular formula is C15H22ClN3O. The molecule has 2 saturated heterocycles. The summed E-state index contributed by atoms with van der Waals surface area (Å²) in [4.78, 5) is 5.11. The van der Waals surface area contributed by atoms with Crippen molar-refractivity contribution in [1.82, 2.24) is 15.1 Å². The maximum absolute atomic E-state index is 6.18. The van der Waals surface area contributed by atoms with Gasteiger partial charge in [-0.3, -0.25) is 9.80 Å². The molecule has 1 aromatic carbocycles. The van der Waals surface area contributed by atoms with Gasteiger partial charge in [0.1, 0.15) is 5.75 Å². The van der Waals surface area contributed by atoms with Crippen LogP contribution in [0.4, 0.5) is 0 Å². The predicted octanol–water partition coefficient (Wildman–Crippen LogP) is 1.44. The average Bonchev–Trinajstić information content (AvgIpc) is 2.39. The monoisotopic (exact) mass is 295 g/mol. The Bertz CT molecular complexity index is 456. The Morgan fingerprint density at radius 3 is 2.55 bits per heavy atom. The third-order valence-corrected chi connectivity index (χ3v) is 4.60. The van der Waals surface area contributed by atoms with Gasteiger partial charge in [0.15, 0.2) is 0 Å². The van der Waals surface area contributed by atoms with Gasteiger partial charge in [-0.2, -0.15) is 0 Å². The maximum atomic E-state index is 6.18. The normalized spacial score (nSPS) is 21.7. The van der Waals surface area contributed by atoms with Gasteiger partial charge in [0.05, 0.1) is 12.1 Å². The van der Waals surface area contributed by atoms with Crippen molar-refractivity contribution in [3.63, 3.8) is 0 Å². The Hall–Kier alpha value is -0.810. The van der Waals surface area contributed by atoms with Crippen LogP contribution in [-0.2, 0) is 6.54 Å². The molecule has 0 radical (unpaired) electrons. The van der Waals surface area contributed by atoms with E-state index in [1.807, 2.05) is 12.1 Å². The first-order valence-electron chi connectivity index (χ1n) is 7.26. The second-order valence-electron chi connectivity index (χ2n) is 5.59. The molecule has 0 unspecified atom stereocenters. The predicted molar refractivity (Wildman–Crippen MR) is 81.5 cm³/mol. The Morgan fingerprint density at radius 1 is 1.25 bits per heavy atom. The van der Waals surface area contributed by atoms with E-state index in [9.17, 15) is 0 Å². The number of halogens is 1. The van der Waals surface area contributed by atoms with Crippen LogP contribution in [0.25, 0.3) is 0 Å². The van der Waals surface area contributed by atoms with Gasteiger partial charge in [0, 0.05) is 51.9 Å². The van der Waals surface area contributed by atoms with E-state index in [-0.39, 0.29) is 0 Å². The molecule has 2 aliphatic rings. The highest BCUT2D eigenvalue weighted by Crippen LogP contribution is 2.25. The highest BCUT2D eigenvalue weighted by atomic mass is 35.5. The Kier molecular flexibility index (Phi) is 4.46. The lowest BCUT2D eigenvalue weighted by Gasteiger charge is -2.43. The smallest absolute Gasteiger partial charge is 0.137 e. The molecule has 2 aliphatic heterocycles. The summed E-state index contributed by atoms with van der Waals surface area (Å²) in [6, 6.07) is 6.84. The summed E-state index contributed by atoms with van der Waals surface area (Å²) in [5, 5.41) is 4.04. The van der Waals surface area contributed by atoms with Gasteiger partial charge in [0.25, 0.3) is 0 Å². The minimum atomic E-state index is 0.698. The molecule has 110 valence electrons. The summed E-state index contributed by atoms with van der Waals surface area (Å²) in [5.41, 5.74) is 1.26. The SMILES string of the molecule is COc1ccc(CN2CCN(C3CNC3)CC2)cc1Cl. The van der Waals surface area contributed by atoms with Gasteiger partial charge in [-0.1, -0.05) is 17.7 Å². The molecule has 2 fully saturated rings. The first-order chi connectivity index (χ1) is 9.76. The van der Waals surface area contributed by atoms with Crippen molar-refractivity contribution in [3.8, 4) is 5.75 Å². The van der Waals surface area contributed by atoms with Crippen molar-refractivity contribution in [2.45, 2.75) is 12.6 Å². The Morgan fingerprint density at radius 2 is 2.00 bits per heavy atom. The van der Waals surface area contributed by atoms with Gasteiger partial charge in [0.2, 0.25) is 0 Å². The van der Waals surface area contributed by atoms with Gasteiger partial charge in [-0.05, 0) is 17.7 Å². The second-order valence-corrected chi connectivity index (χ2v) is 6.00. The molecule has 2 heterocycles. The highest BCUT2D eigenvalue weighted by Gasteiger charge is 2.27. The molecule has 5 heteroatoms. The van der Waals surface area contributed by atoms with Crippen molar-refractivity contribution in [3.05, 3.63) is 28.8 Å². The van der Waals surface area contributed by atoms with Crippen LogP contribution in [0, 0.1) is 0 Å². The van der Waals surface area contributed by atoms with Crippen molar-refractivity contribution in [2.24, 2.45) is 0 Å². The third-order valence-electron chi connectivity index (χ3n) is 4.31. The summed E-state index contributed by atoms with van der Waals surface area (Å²) >= 11 is 6.18. The maximum Gasteiger partial charge on any atom is 0.137 e. The van der Waals surface area contributed by atoms with E-state index < -0.39 is 0 Å². The summed E-state index contributed by atoms with van der Waals surface area (Å²) in [6.07, 6.45) is 0. The lowest BCUT2D eigenvalue weighted by Crippen LogP contribution is -2.61. The molecule has 0 bridgehead atoms. The van der Waals surface area contributed by atoms with E-state index in [0.717, 1.165) is 44.5 Å². The molecule has 20 heavy (non-hydrogen) atoms. The zero-order valence-electron chi connectivity index (χ0n) is 11.9. The largest absolute Gasteiger partial charge is 0.495 e. The van der Waals surface area contributed by atoms with Crippen LogP contribution in [0.3, 0.4) is 0 Å². The van der Waals surface area contributed by atoms with Crippen molar-refractivity contribution < 1.29 is 4.74 Å². The fraction of sp³-hybridized carbons (Fsp3) is 0.600. The summed E-state index contributed by atoms with van der Waals surface area (Å²) in [6.45, 7) is 7.93. The molecule has 1 aromatic rings. The molecular weight excluding hydrogens is 274 g/mol. The summed E-state index contributed by atoms with van der Waals surface area (Å²) < 4.78 is 5.19. The van der Waals surface area contributed by atoms with E-state index in [1.165, 1.54) is 18.7 Å². The van der Waals surface area contributed by atoms with Crippen LogP contribution < -0.4 is 10.1 Å². The number of rotatable bonds is 4. The van der Waals surface area contributed by atoms with Crippen LogP contribution in [0.1, 0.15) is 5.56 Å². The average molecular weight is 296 g/mol. The minimum Gasteiger partial charge on any atom is -0.495 e. The quantitative estimate of drug-likeness (QED) is 0.910. The van der Waals surface area contributed by atoms with E-state index >= 15 is 0 Å². The van der Waals surface area contributed by atoms with E-state index in [2.05, 4.69) is 21.2 Å². The first kappa shape index (κ1) is 14.1. The van der Waals surface area contributed by atoms with Crippen molar-refractivity contribution in [1.29, 1.82) is 0 Å². The number of piperazine rings is 1. The van der Waals surface area contributed by atoms with Crippen LogP contribution in [0.15, 0.2) is 18.2 Å².